The summed E-state index contributed by atoms with van der Waals surface area (Å²) in [6, 6.07) is 3.67. The first kappa shape index (κ1) is 27.9. The van der Waals surface area contributed by atoms with Crippen LogP contribution in [-0.2, 0) is 6.18 Å². The number of benzene rings is 1. The third-order valence-corrected chi connectivity index (χ3v) is 4.73. The highest BCUT2D eigenvalue weighted by atomic mass is 19.4. The Kier molecular flexibility index (Phi) is 7.64. The summed E-state index contributed by atoms with van der Waals surface area (Å²) in [5, 5.41) is 2.27. The molecule has 0 fully saturated rings. The highest BCUT2D eigenvalue weighted by molar-refractivity contribution is 6.07. The number of hydrogen-bond acceptors (Lipinski definition) is 7. The fraction of sp³-hybridized carbons (Fsp3) is 0.182. The zero-order chi connectivity index (χ0) is 28.4. The van der Waals surface area contributed by atoms with Gasteiger partial charge < -0.3 is 25.3 Å². The van der Waals surface area contributed by atoms with Gasteiger partial charge in [-0.25, -0.2) is 9.97 Å². The summed E-state index contributed by atoms with van der Waals surface area (Å²) in [6.07, 6.45) is -8.69. The van der Waals surface area contributed by atoms with Gasteiger partial charge in [0.1, 0.15) is 11.4 Å². The summed E-state index contributed by atoms with van der Waals surface area (Å²) in [4.78, 5) is 31.1. The number of anilines is 1. The maximum absolute atomic E-state index is 14.6. The second-order valence-electron chi connectivity index (χ2n) is 7.28. The maximum Gasteiger partial charge on any atom is 0.573 e. The Morgan fingerprint density at radius 2 is 1.61 bits per heavy atom. The van der Waals surface area contributed by atoms with Gasteiger partial charge in [-0.2, -0.15) is 17.6 Å². The number of ether oxygens (including phenoxy) is 3. The van der Waals surface area contributed by atoms with Gasteiger partial charge in [-0.1, -0.05) is 0 Å². The number of nitrogens with one attached hydrogen (secondary N) is 1. The largest absolute Gasteiger partial charge is 0.573 e. The molecule has 0 saturated heterocycles. The van der Waals surface area contributed by atoms with Crippen molar-refractivity contribution in [1.82, 2.24) is 9.97 Å². The quantitative estimate of drug-likeness (QED) is 0.399. The number of hydrogen-bond donors (Lipinski definition) is 2. The third-order valence-electron chi connectivity index (χ3n) is 4.73. The van der Waals surface area contributed by atoms with Crippen LogP contribution in [0.3, 0.4) is 0 Å². The molecular weight excluding hydrogens is 533 g/mol. The number of amides is 2. The lowest BCUT2D eigenvalue weighted by Crippen LogP contribution is -2.20. The van der Waals surface area contributed by atoms with Gasteiger partial charge in [0.2, 0.25) is 11.6 Å². The molecule has 0 aliphatic carbocycles. The van der Waals surface area contributed by atoms with Gasteiger partial charge in [-0.15, -0.1) is 13.2 Å². The van der Waals surface area contributed by atoms with Crippen molar-refractivity contribution >= 4 is 17.5 Å². The lowest BCUT2D eigenvalue weighted by Gasteiger charge is -2.19. The lowest BCUT2D eigenvalue weighted by atomic mass is 10.1. The van der Waals surface area contributed by atoms with Crippen LogP contribution in [0.1, 0.15) is 32.1 Å². The molecule has 9 nitrogen and oxygen atoms in total. The van der Waals surface area contributed by atoms with Crippen LogP contribution >= 0.6 is 0 Å². The number of rotatable bonds is 7. The van der Waals surface area contributed by atoms with Crippen molar-refractivity contribution < 1.29 is 54.5 Å². The van der Waals surface area contributed by atoms with E-state index in [4.69, 9.17) is 15.2 Å². The normalized spacial score (nSPS) is 11.6. The van der Waals surface area contributed by atoms with Crippen LogP contribution in [0.4, 0.5) is 36.4 Å². The number of carbonyl (C=O) groups is 2. The van der Waals surface area contributed by atoms with E-state index in [1.807, 2.05) is 0 Å². The number of methoxy groups -OCH3 is 1. The van der Waals surface area contributed by atoms with E-state index in [0.29, 0.717) is 12.3 Å². The Morgan fingerprint density at radius 1 is 0.947 bits per heavy atom. The van der Waals surface area contributed by atoms with E-state index in [2.05, 4.69) is 20.0 Å². The average Bonchev–Trinajstić information content (AvgIpc) is 2.80. The molecule has 0 aliphatic rings. The first-order chi connectivity index (χ1) is 17.6. The Hall–Kier alpha value is -4.63. The number of aromatic nitrogens is 2. The van der Waals surface area contributed by atoms with Crippen molar-refractivity contribution in [2.24, 2.45) is 5.73 Å². The molecule has 0 saturated carbocycles. The second kappa shape index (κ2) is 10.4. The minimum atomic E-state index is -5.24. The van der Waals surface area contributed by atoms with Crippen molar-refractivity contribution in [3.63, 3.8) is 0 Å². The summed E-state index contributed by atoms with van der Waals surface area (Å²) >= 11 is 0. The van der Waals surface area contributed by atoms with E-state index in [1.165, 1.54) is 6.07 Å². The summed E-state index contributed by atoms with van der Waals surface area (Å²) in [5.74, 6) is -7.07. The number of nitrogens with two attached hydrogens (primary N) is 1. The Bertz CT molecular complexity index is 1380. The Balaban J connectivity index is 2.07. The molecule has 0 unspecified atom stereocenters. The van der Waals surface area contributed by atoms with Crippen LogP contribution in [0.5, 0.6) is 23.0 Å². The molecule has 0 bridgehead atoms. The molecule has 202 valence electrons. The second-order valence-corrected chi connectivity index (χ2v) is 7.28. The van der Waals surface area contributed by atoms with Gasteiger partial charge in [-0.3, -0.25) is 9.59 Å². The molecule has 0 radical (unpaired) electrons. The van der Waals surface area contributed by atoms with Gasteiger partial charge in [0.25, 0.3) is 11.8 Å². The molecule has 1 aromatic carbocycles. The summed E-state index contributed by atoms with van der Waals surface area (Å²) in [7, 11) is 0.884. The number of pyridine rings is 2. The molecule has 2 heterocycles. The van der Waals surface area contributed by atoms with Crippen molar-refractivity contribution in [1.29, 1.82) is 0 Å². The van der Waals surface area contributed by atoms with E-state index in [0.717, 1.165) is 32.4 Å². The van der Waals surface area contributed by atoms with Gasteiger partial charge in [0.15, 0.2) is 17.2 Å². The first-order valence-corrected chi connectivity index (χ1v) is 10.1. The molecule has 3 N–H and O–H groups in total. The van der Waals surface area contributed by atoms with Gasteiger partial charge in [0, 0.05) is 0 Å². The summed E-state index contributed by atoms with van der Waals surface area (Å²) in [6.45, 7) is 0.921. The van der Waals surface area contributed by atoms with E-state index >= 15 is 0 Å². The highest BCUT2D eigenvalue weighted by Gasteiger charge is 2.38. The predicted octanol–water partition coefficient (Wildman–Crippen LogP) is 4.99. The predicted molar refractivity (Wildman–Crippen MR) is 114 cm³/mol. The Morgan fingerprint density at radius 3 is 2.13 bits per heavy atom. The molecule has 16 heteroatoms. The van der Waals surface area contributed by atoms with Crippen molar-refractivity contribution in [3.8, 4) is 23.0 Å². The molecule has 3 rings (SSSR count). The fourth-order valence-corrected chi connectivity index (χ4v) is 3.15. The number of nitrogens with zero attached hydrogens (tertiary/aromatic N) is 2. The smallest absolute Gasteiger partial charge is 0.490 e. The highest BCUT2D eigenvalue weighted by Crippen LogP contribution is 2.42. The number of halogens is 7. The minimum Gasteiger partial charge on any atom is -0.490 e. The van der Waals surface area contributed by atoms with Crippen LogP contribution < -0.4 is 25.3 Å². The first-order valence-electron chi connectivity index (χ1n) is 10.1. The number of alkyl halides is 6. The standard InChI is InChI=1S/C22H15F7N4O5/c1-9-15(20(35)33-10-3-4-11(19(30)34)31-7-10)14(8-32-18(9)21(24,25)26)37-13-6-5-12(38-22(27,28)29)16(23)17(13)36-2/h3-8H,1-2H3,(H2,30,34)(H,33,35). The van der Waals surface area contributed by atoms with Crippen LogP contribution in [0.2, 0.25) is 0 Å². The maximum atomic E-state index is 14.6. The summed E-state index contributed by atoms with van der Waals surface area (Å²) < 4.78 is 106. The topological polar surface area (TPSA) is 126 Å². The molecule has 38 heavy (non-hydrogen) atoms. The van der Waals surface area contributed by atoms with Crippen LogP contribution in [-0.4, -0.2) is 35.3 Å². The van der Waals surface area contributed by atoms with Crippen molar-refractivity contribution in [3.05, 3.63) is 65.0 Å². The van der Waals surface area contributed by atoms with E-state index in [-0.39, 0.29) is 11.4 Å². The average molecular weight is 548 g/mol. The number of carbonyl (C=O) groups excluding carboxylic acids is 2. The molecule has 0 aliphatic heterocycles. The molecule has 0 spiro atoms. The van der Waals surface area contributed by atoms with Crippen LogP contribution in [0.15, 0.2) is 36.7 Å². The molecule has 2 amide bonds. The molecule has 0 atom stereocenters. The monoisotopic (exact) mass is 548 g/mol. The third kappa shape index (κ3) is 6.19. The van der Waals surface area contributed by atoms with E-state index in [9.17, 15) is 40.3 Å². The summed E-state index contributed by atoms with van der Waals surface area (Å²) in [5.41, 5.74) is 2.04. The van der Waals surface area contributed by atoms with Gasteiger partial charge in [0.05, 0.1) is 30.8 Å². The minimum absolute atomic E-state index is 0.0481. The van der Waals surface area contributed by atoms with Gasteiger partial charge in [-0.05, 0) is 36.8 Å². The van der Waals surface area contributed by atoms with Crippen LogP contribution in [0.25, 0.3) is 0 Å². The van der Waals surface area contributed by atoms with E-state index in [1.54, 1.807) is 0 Å². The molecule has 3 aromatic rings. The lowest BCUT2D eigenvalue weighted by molar-refractivity contribution is -0.275. The number of primary amides is 1. The Labute approximate surface area is 208 Å². The molecular formula is C22H15F7N4O5. The SMILES string of the molecule is COc1c(Oc2cnc(C(F)(F)F)c(C)c2C(=O)Nc2ccc(C(N)=O)nc2)ccc(OC(F)(F)F)c1F. The fourth-order valence-electron chi connectivity index (χ4n) is 3.15. The van der Waals surface area contributed by atoms with Crippen molar-refractivity contribution in [2.75, 3.05) is 12.4 Å². The van der Waals surface area contributed by atoms with Crippen LogP contribution in [0, 0.1) is 12.7 Å². The molecule has 2 aromatic heterocycles. The zero-order valence-corrected chi connectivity index (χ0v) is 19.1. The van der Waals surface area contributed by atoms with E-state index < -0.39 is 70.0 Å². The van der Waals surface area contributed by atoms with Gasteiger partial charge >= 0.3 is 12.5 Å². The zero-order valence-electron chi connectivity index (χ0n) is 19.1. The van der Waals surface area contributed by atoms with Crippen molar-refractivity contribution in [2.45, 2.75) is 19.5 Å².